The molecule has 0 saturated carbocycles. The third-order valence-corrected chi connectivity index (χ3v) is 3.86. The molecule has 6 heteroatoms. The van der Waals surface area contributed by atoms with Gasteiger partial charge >= 0.3 is 6.09 Å². The van der Waals surface area contributed by atoms with E-state index in [1.54, 1.807) is 0 Å². The average Bonchev–Trinajstić information content (AvgIpc) is 2.68. The normalized spacial score (nSPS) is 11.2. The highest BCUT2D eigenvalue weighted by molar-refractivity contribution is 9.11. The van der Waals surface area contributed by atoms with E-state index < -0.39 is 11.7 Å². The van der Waals surface area contributed by atoms with Crippen molar-refractivity contribution in [3.8, 4) is 11.3 Å². The molecule has 1 aromatic carbocycles. The number of hydrogen-bond donors (Lipinski definition) is 1. The summed E-state index contributed by atoms with van der Waals surface area (Å²) in [6, 6.07) is 9.78. The molecule has 0 atom stereocenters. The molecule has 0 unspecified atom stereocenters. The maximum absolute atomic E-state index is 11.7. The quantitative estimate of drug-likeness (QED) is 0.832. The fraction of sp³-hybridized carbons (Fsp3) is 0.286. The molecule has 4 nitrogen and oxygen atoms in total. The van der Waals surface area contributed by atoms with Crippen LogP contribution in [0.15, 0.2) is 34.1 Å². The third kappa shape index (κ3) is 4.05. The number of thiazole rings is 1. The van der Waals surface area contributed by atoms with Gasteiger partial charge in [-0.3, -0.25) is 5.32 Å². The van der Waals surface area contributed by atoms with E-state index in [1.165, 1.54) is 11.3 Å². The lowest BCUT2D eigenvalue weighted by Crippen LogP contribution is -2.27. The molecule has 2 rings (SSSR count). The number of aromatic nitrogens is 1. The van der Waals surface area contributed by atoms with E-state index in [-0.39, 0.29) is 0 Å². The first-order valence-corrected chi connectivity index (χ1v) is 7.68. The molecule has 20 heavy (non-hydrogen) atoms. The van der Waals surface area contributed by atoms with Crippen LogP contribution in [-0.2, 0) is 4.74 Å². The zero-order chi connectivity index (χ0) is 14.8. The number of carbonyl (C=O) groups is 1. The van der Waals surface area contributed by atoms with Gasteiger partial charge in [-0.05, 0) is 36.7 Å². The van der Waals surface area contributed by atoms with Gasteiger partial charge in [0.1, 0.15) is 5.60 Å². The number of amides is 1. The Bertz CT molecular complexity index is 605. The number of rotatable bonds is 2. The summed E-state index contributed by atoms with van der Waals surface area (Å²) in [5.41, 5.74) is 1.27. The minimum absolute atomic E-state index is 0.502. The van der Waals surface area contributed by atoms with Crippen molar-refractivity contribution in [2.45, 2.75) is 26.4 Å². The second-order valence-electron chi connectivity index (χ2n) is 5.13. The summed E-state index contributed by atoms with van der Waals surface area (Å²) in [4.78, 5) is 16.1. The highest BCUT2D eigenvalue weighted by Gasteiger charge is 2.18. The molecular weight excluding hydrogens is 340 g/mol. The molecule has 0 fully saturated rings. The van der Waals surface area contributed by atoms with Crippen molar-refractivity contribution < 1.29 is 9.53 Å². The maximum atomic E-state index is 11.7. The van der Waals surface area contributed by atoms with Crippen LogP contribution in [0.1, 0.15) is 20.8 Å². The third-order valence-electron chi connectivity index (χ3n) is 2.24. The molecule has 0 aliphatic heterocycles. The van der Waals surface area contributed by atoms with Crippen molar-refractivity contribution in [2.75, 3.05) is 5.32 Å². The Morgan fingerprint density at radius 2 is 1.95 bits per heavy atom. The first-order chi connectivity index (χ1) is 9.35. The lowest BCUT2D eigenvalue weighted by molar-refractivity contribution is 0.0636. The van der Waals surface area contributed by atoms with Gasteiger partial charge in [-0.15, -0.1) is 0 Å². The summed E-state index contributed by atoms with van der Waals surface area (Å²) < 4.78 is 6.07. The second-order valence-corrected chi connectivity index (χ2v) is 7.45. The standard InChI is InChI=1S/C14H15BrN2O2S/c1-14(2,3)19-13(18)17-12-16-10(11(15)20-12)9-7-5-4-6-8-9/h4-8H,1-3H3,(H,16,17,18). The predicted molar refractivity (Wildman–Crippen MR) is 85.1 cm³/mol. The second kappa shape index (κ2) is 5.93. The molecule has 1 N–H and O–H groups in total. The first-order valence-electron chi connectivity index (χ1n) is 6.07. The molecule has 1 heterocycles. The molecule has 106 valence electrons. The minimum atomic E-state index is -0.527. The monoisotopic (exact) mass is 354 g/mol. The van der Waals surface area contributed by atoms with Crippen molar-refractivity contribution in [1.82, 2.24) is 4.98 Å². The van der Waals surface area contributed by atoms with E-state index in [0.29, 0.717) is 5.13 Å². The number of nitrogens with zero attached hydrogens (tertiary/aromatic N) is 1. The van der Waals surface area contributed by atoms with Gasteiger partial charge < -0.3 is 4.74 Å². The van der Waals surface area contributed by atoms with E-state index >= 15 is 0 Å². The van der Waals surface area contributed by atoms with Crippen molar-refractivity contribution >= 4 is 38.5 Å². The number of benzene rings is 1. The molecule has 0 aliphatic carbocycles. The van der Waals surface area contributed by atoms with E-state index in [2.05, 4.69) is 26.2 Å². The van der Waals surface area contributed by atoms with E-state index in [0.717, 1.165) is 15.0 Å². The Balaban J connectivity index is 2.14. The summed E-state index contributed by atoms with van der Waals surface area (Å²) >= 11 is 4.83. The van der Waals surface area contributed by atoms with Gasteiger partial charge in [-0.25, -0.2) is 9.78 Å². The fourth-order valence-corrected chi connectivity index (χ4v) is 3.00. The van der Waals surface area contributed by atoms with Crippen molar-refractivity contribution in [3.05, 3.63) is 34.1 Å². The van der Waals surface area contributed by atoms with Crippen LogP contribution in [0.2, 0.25) is 0 Å². The van der Waals surface area contributed by atoms with Crippen LogP contribution in [0.25, 0.3) is 11.3 Å². The Hall–Kier alpha value is -1.40. The van der Waals surface area contributed by atoms with Crippen LogP contribution < -0.4 is 5.32 Å². The van der Waals surface area contributed by atoms with Gasteiger partial charge in [-0.2, -0.15) is 0 Å². The van der Waals surface area contributed by atoms with Crippen molar-refractivity contribution in [1.29, 1.82) is 0 Å². The number of anilines is 1. The highest BCUT2D eigenvalue weighted by Crippen LogP contribution is 2.35. The summed E-state index contributed by atoms with van der Waals surface area (Å²) in [6.45, 7) is 5.46. The summed E-state index contributed by atoms with van der Waals surface area (Å²) in [6.07, 6.45) is -0.502. The van der Waals surface area contributed by atoms with Crippen LogP contribution >= 0.6 is 27.3 Å². The molecule has 2 aromatic rings. The minimum Gasteiger partial charge on any atom is -0.444 e. The van der Waals surface area contributed by atoms with Crippen LogP contribution in [0.3, 0.4) is 0 Å². The molecule has 0 bridgehead atoms. The van der Waals surface area contributed by atoms with Gasteiger partial charge in [-0.1, -0.05) is 41.7 Å². The maximum Gasteiger partial charge on any atom is 0.413 e. The molecule has 0 radical (unpaired) electrons. The van der Waals surface area contributed by atoms with Crippen molar-refractivity contribution in [2.24, 2.45) is 0 Å². The van der Waals surface area contributed by atoms with E-state index in [1.807, 2.05) is 51.1 Å². The number of nitrogens with one attached hydrogen (secondary N) is 1. The van der Waals surface area contributed by atoms with E-state index in [4.69, 9.17) is 4.74 Å². The number of hydrogen-bond acceptors (Lipinski definition) is 4. The Labute approximate surface area is 130 Å². The molecule has 0 spiro atoms. The topological polar surface area (TPSA) is 51.2 Å². The SMILES string of the molecule is CC(C)(C)OC(=O)Nc1nc(-c2ccccc2)c(Br)s1. The first kappa shape index (κ1) is 15.0. The number of ether oxygens (including phenoxy) is 1. The number of halogens is 1. The molecule has 0 saturated heterocycles. The van der Waals surface area contributed by atoms with Gasteiger partial charge in [0.05, 0.1) is 9.48 Å². The predicted octanol–water partition coefficient (Wildman–Crippen LogP) is 4.92. The lowest BCUT2D eigenvalue weighted by atomic mass is 10.2. The fourth-order valence-electron chi connectivity index (χ4n) is 1.52. The van der Waals surface area contributed by atoms with Gasteiger partial charge in [0.2, 0.25) is 0 Å². The van der Waals surface area contributed by atoms with E-state index in [9.17, 15) is 4.79 Å². The van der Waals surface area contributed by atoms with Gasteiger partial charge in [0.25, 0.3) is 0 Å². The molecule has 1 amide bonds. The smallest absolute Gasteiger partial charge is 0.413 e. The Morgan fingerprint density at radius 1 is 1.30 bits per heavy atom. The largest absolute Gasteiger partial charge is 0.444 e. The molecule has 0 aliphatic rings. The van der Waals surface area contributed by atoms with Crippen LogP contribution in [0.5, 0.6) is 0 Å². The Morgan fingerprint density at radius 3 is 2.55 bits per heavy atom. The summed E-state index contributed by atoms with van der Waals surface area (Å²) in [5, 5.41) is 3.15. The van der Waals surface area contributed by atoms with Crippen LogP contribution in [0.4, 0.5) is 9.93 Å². The van der Waals surface area contributed by atoms with Crippen molar-refractivity contribution in [3.63, 3.8) is 0 Å². The van der Waals surface area contributed by atoms with Crippen LogP contribution in [0, 0.1) is 0 Å². The molecule has 1 aromatic heterocycles. The zero-order valence-electron chi connectivity index (χ0n) is 11.4. The summed E-state index contributed by atoms with van der Waals surface area (Å²) in [7, 11) is 0. The van der Waals surface area contributed by atoms with Gasteiger partial charge in [0, 0.05) is 5.56 Å². The van der Waals surface area contributed by atoms with Gasteiger partial charge in [0.15, 0.2) is 5.13 Å². The summed E-state index contributed by atoms with van der Waals surface area (Å²) in [5.74, 6) is 0. The zero-order valence-corrected chi connectivity index (χ0v) is 13.8. The Kier molecular flexibility index (Phi) is 4.45. The van der Waals surface area contributed by atoms with Crippen LogP contribution in [-0.4, -0.2) is 16.7 Å². The average molecular weight is 355 g/mol. The highest BCUT2D eigenvalue weighted by atomic mass is 79.9. The number of carbonyl (C=O) groups excluding carboxylic acids is 1. The molecular formula is C14H15BrN2O2S. The lowest BCUT2D eigenvalue weighted by Gasteiger charge is -2.18.